The van der Waals surface area contributed by atoms with Gasteiger partial charge in [0.2, 0.25) is 0 Å². The van der Waals surface area contributed by atoms with Crippen LogP contribution in [0, 0.1) is 0 Å². The Balaban J connectivity index is 2.85. The van der Waals surface area contributed by atoms with E-state index in [1.807, 2.05) is 31.2 Å². The summed E-state index contributed by atoms with van der Waals surface area (Å²) in [6, 6.07) is 5.37. The van der Waals surface area contributed by atoms with E-state index >= 15 is 0 Å². The van der Waals surface area contributed by atoms with Crippen molar-refractivity contribution in [3.8, 4) is 5.75 Å². The molecule has 0 aliphatic carbocycles. The zero-order valence-corrected chi connectivity index (χ0v) is 8.95. The minimum atomic E-state index is 0.0487. The molecule has 0 radical (unpaired) electrons. The van der Waals surface area contributed by atoms with Crippen LogP contribution in [0.5, 0.6) is 5.75 Å². The lowest BCUT2D eigenvalue weighted by Gasteiger charge is -1.99. The Kier molecular flexibility index (Phi) is 3.51. The molecule has 0 spiro atoms. The van der Waals surface area contributed by atoms with E-state index in [4.69, 9.17) is 5.73 Å². The summed E-state index contributed by atoms with van der Waals surface area (Å²) in [5.74, 6) is 0.248. The maximum atomic E-state index is 9.23. The normalized spacial score (nSPS) is 13.5. The Morgan fingerprint density at radius 1 is 1.54 bits per heavy atom. The second-order valence-corrected chi connectivity index (χ2v) is 3.78. The van der Waals surface area contributed by atoms with Gasteiger partial charge in [-0.25, -0.2) is 0 Å². The van der Waals surface area contributed by atoms with E-state index in [2.05, 4.69) is 15.9 Å². The van der Waals surface area contributed by atoms with E-state index < -0.39 is 0 Å². The number of nitrogens with two attached hydrogens (primary N) is 1. The summed E-state index contributed by atoms with van der Waals surface area (Å²) >= 11 is 3.24. The fourth-order valence-electron chi connectivity index (χ4n) is 0.890. The van der Waals surface area contributed by atoms with E-state index in [0.29, 0.717) is 4.47 Å². The molecule has 3 heteroatoms. The third-order valence-corrected chi connectivity index (χ3v) is 2.20. The van der Waals surface area contributed by atoms with Gasteiger partial charge in [0.25, 0.3) is 0 Å². The van der Waals surface area contributed by atoms with Crippen molar-refractivity contribution in [2.24, 2.45) is 5.73 Å². The topological polar surface area (TPSA) is 46.2 Å². The molecule has 13 heavy (non-hydrogen) atoms. The van der Waals surface area contributed by atoms with Crippen LogP contribution in [0.4, 0.5) is 0 Å². The molecule has 1 atom stereocenters. The zero-order chi connectivity index (χ0) is 9.84. The van der Waals surface area contributed by atoms with E-state index in [1.54, 1.807) is 6.07 Å². The van der Waals surface area contributed by atoms with Crippen molar-refractivity contribution in [2.75, 3.05) is 0 Å². The van der Waals surface area contributed by atoms with Gasteiger partial charge in [-0.3, -0.25) is 0 Å². The summed E-state index contributed by atoms with van der Waals surface area (Å²) in [6.45, 7) is 1.91. The van der Waals surface area contributed by atoms with Crippen LogP contribution in [0.2, 0.25) is 0 Å². The molecular weight excluding hydrogens is 230 g/mol. The molecule has 0 aliphatic heterocycles. The first kappa shape index (κ1) is 10.3. The van der Waals surface area contributed by atoms with Crippen LogP contribution in [0.15, 0.2) is 28.7 Å². The van der Waals surface area contributed by atoms with E-state index in [-0.39, 0.29) is 11.8 Å². The monoisotopic (exact) mass is 241 g/mol. The fourth-order valence-corrected chi connectivity index (χ4v) is 1.29. The van der Waals surface area contributed by atoms with E-state index in [1.165, 1.54) is 0 Å². The minimum absolute atomic E-state index is 0.0487. The minimum Gasteiger partial charge on any atom is -0.507 e. The van der Waals surface area contributed by atoms with Crippen molar-refractivity contribution >= 4 is 22.0 Å². The second-order valence-electron chi connectivity index (χ2n) is 2.93. The lowest BCUT2D eigenvalue weighted by atomic mass is 10.2. The first-order valence-corrected chi connectivity index (χ1v) is 4.81. The van der Waals surface area contributed by atoms with Gasteiger partial charge in [-0.15, -0.1) is 0 Å². The van der Waals surface area contributed by atoms with Gasteiger partial charge in [-0.1, -0.05) is 18.2 Å². The quantitative estimate of drug-likeness (QED) is 0.836. The van der Waals surface area contributed by atoms with Gasteiger partial charge in [-0.2, -0.15) is 0 Å². The van der Waals surface area contributed by atoms with Crippen LogP contribution < -0.4 is 5.73 Å². The van der Waals surface area contributed by atoms with Gasteiger partial charge < -0.3 is 10.8 Å². The first-order chi connectivity index (χ1) is 6.09. The van der Waals surface area contributed by atoms with Crippen LogP contribution >= 0.6 is 15.9 Å². The average molecular weight is 242 g/mol. The van der Waals surface area contributed by atoms with Crippen molar-refractivity contribution in [1.82, 2.24) is 0 Å². The maximum Gasteiger partial charge on any atom is 0.129 e. The molecule has 0 aromatic heterocycles. The standard InChI is InChI=1S/C10H12BrNO/c1-7(12)2-3-8-4-5-10(13)9(11)6-8/h2-7,13H,12H2,1H3/b3-2+. The number of phenols is 1. The molecule has 0 amide bonds. The van der Waals surface area contributed by atoms with Crippen molar-refractivity contribution in [1.29, 1.82) is 0 Å². The number of benzene rings is 1. The zero-order valence-electron chi connectivity index (χ0n) is 7.37. The Labute approximate surface area is 86.2 Å². The predicted molar refractivity (Wildman–Crippen MR) is 58.5 cm³/mol. The van der Waals surface area contributed by atoms with Crippen LogP contribution in [0.1, 0.15) is 12.5 Å². The highest BCUT2D eigenvalue weighted by molar-refractivity contribution is 9.10. The highest BCUT2D eigenvalue weighted by Gasteiger charge is 1.96. The molecule has 0 aliphatic rings. The lowest BCUT2D eigenvalue weighted by molar-refractivity contribution is 0.472. The Morgan fingerprint density at radius 2 is 2.23 bits per heavy atom. The molecular formula is C10H12BrNO. The summed E-state index contributed by atoms with van der Waals surface area (Å²) in [4.78, 5) is 0. The molecule has 0 fully saturated rings. The third kappa shape index (κ3) is 3.20. The SMILES string of the molecule is CC(N)/C=C/c1ccc(O)c(Br)c1. The molecule has 1 aromatic carbocycles. The van der Waals surface area contributed by atoms with Crippen molar-refractivity contribution in [3.05, 3.63) is 34.3 Å². The molecule has 0 saturated heterocycles. The largest absolute Gasteiger partial charge is 0.507 e. The Morgan fingerprint density at radius 3 is 2.77 bits per heavy atom. The summed E-state index contributed by atoms with van der Waals surface area (Å²) in [7, 11) is 0. The fraction of sp³-hybridized carbons (Fsp3) is 0.200. The lowest BCUT2D eigenvalue weighted by Crippen LogP contribution is -2.09. The molecule has 3 N–H and O–H groups in total. The van der Waals surface area contributed by atoms with Crippen LogP contribution in [0.3, 0.4) is 0 Å². The second kappa shape index (κ2) is 4.44. The van der Waals surface area contributed by atoms with Gasteiger partial charge in [0.05, 0.1) is 4.47 Å². The predicted octanol–water partition coefficient (Wildman–Crippen LogP) is 2.52. The number of rotatable bonds is 2. The summed E-state index contributed by atoms with van der Waals surface area (Å²) < 4.78 is 0.694. The van der Waals surface area contributed by atoms with Gasteiger partial charge in [0.15, 0.2) is 0 Å². The van der Waals surface area contributed by atoms with Gasteiger partial charge in [0, 0.05) is 6.04 Å². The number of hydrogen-bond acceptors (Lipinski definition) is 2. The van der Waals surface area contributed by atoms with Gasteiger partial charge >= 0.3 is 0 Å². The number of hydrogen-bond donors (Lipinski definition) is 2. The number of aromatic hydroxyl groups is 1. The van der Waals surface area contributed by atoms with Crippen molar-refractivity contribution in [2.45, 2.75) is 13.0 Å². The molecule has 1 unspecified atom stereocenters. The maximum absolute atomic E-state index is 9.23. The third-order valence-electron chi connectivity index (χ3n) is 1.56. The number of phenolic OH excluding ortho intramolecular Hbond substituents is 1. The number of halogens is 1. The van der Waals surface area contributed by atoms with Crippen LogP contribution in [-0.4, -0.2) is 11.1 Å². The van der Waals surface area contributed by atoms with Crippen molar-refractivity contribution in [3.63, 3.8) is 0 Å². The highest BCUT2D eigenvalue weighted by Crippen LogP contribution is 2.24. The molecule has 0 heterocycles. The summed E-state index contributed by atoms with van der Waals surface area (Å²) in [5, 5.41) is 9.23. The first-order valence-electron chi connectivity index (χ1n) is 4.02. The molecule has 1 aromatic rings. The molecule has 2 nitrogen and oxygen atoms in total. The molecule has 1 rings (SSSR count). The van der Waals surface area contributed by atoms with Gasteiger partial charge in [0.1, 0.15) is 5.75 Å². The van der Waals surface area contributed by atoms with Gasteiger partial charge in [-0.05, 0) is 40.5 Å². The Hall–Kier alpha value is -0.800. The average Bonchev–Trinajstić information content (AvgIpc) is 2.07. The molecule has 70 valence electrons. The van der Waals surface area contributed by atoms with Crippen LogP contribution in [0.25, 0.3) is 6.08 Å². The van der Waals surface area contributed by atoms with E-state index in [9.17, 15) is 5.11 Å². The summed E-state index contributed by atoms with van der Waals surface area (Å²) in [5.41, 5.74) is 6.58. The molecule has 0 saturated carbocycles. The summed E-state index contributed by atoms with van der Waals surface area (Å²) in [6.07, 6.45) is 3.83. The smallest absolute Gasteiger partial charge is 0.129 e. The molecule has 0 bridgehead atoms. The van der Waals surface area contributed by atoms with Crippen LogP contribution in [-0.2, 0) is 0 Å². The Bertz CT molecular complexity index is 321. The van der Waals surface area contributed by atoms with E-state index in [0.717, 1.165) is 5.56 Å². The van der Waals surface area contributed by atoms with Crippen molar-refractivity contribution < 1.29 is 5.11 Å². The highest BCUT2D eigenvalue weighted by atomic mass is 79.9.